The molecule has 0 fully saturated rings. The van der Waals surface area contributed by atoms with E-state index in [1.807, 2.05) is 6.07 Å². The number of aryl methyl sites for hydroxylation is 2. The molecule has 1 unspecified atom stereocenters. The van der Waals surface area contributed by atoms with Gasteiger partial charge < -0.3 is 10.6 Å². The van der Waals surface area contributed by atoms with Gasteiger partial charge in [0, 0.05) is 24.8 Å². The Bertz CT molecular complexity index is 590. The van der Waals surface area contributed by atoms with Crippen LogP contribution in [0, 0.1) is 19.7 Å². The number of benzene rings is 2. The quantitative estimate of drug-likeness (QED) is 0.901. The fourth-order valence-corrected chi connectivity index (χ4v) is 2.66. The van der Waals surface area contributed by atoms with E-state index in [1.165, 1.54) is 17.2 Å². The van der Waals surface area contributed by atoms with Crippen molar-refractivity contribution in [2.75, 3.05) is 18.0 Å². The van der Waals surface area contributed by atoms with Crippen LogP contribution < -0.4 is 10.6 Å². The lowest BCUT2D eigenvalue weighted by Gasteiger charge is -2.27. The standard InChI is InChI=1S/C18H23FN2/c1-4-21(17-7-5-6-16(19)11-17)12-18(20)15-9-13(2)8-14(3)10-15/h5-11,18H,4,12,20H2,1-3H3. The molecule has 21 heavy (non-hydrogen) atoms. The van der Waals surface area contributed by atoms with Crippen LogP contribution in [0.3, 0.4) is 0 Å². The summed E-state index contributed by atoms with van der Waals surface area (Å²) in [5.74, 6) is -0.217. The molecule has 0 aliphatic heterocycles. The topological polar surface area (TPSA) is 29.3 Å². The van der Waals surface area contributed by atoms with Gasteiger partial charge in [0.25, 0.3) is 0 Å². The largest absolute Gasteiger partial charge is 0.370 e. The van der Waals surface area contributed by atoms with Gasteiger partial charge in [0.15, 0.2) is 0 Å². The van der Waals surface area contributed by atoms with Crippen LogP contribution in [0.1, 0.15) is 29.7 Å². The summed E-state index contributed by atoms with van der Waals surface area (Å²) in [6, 6.07) is 13.0. The first-order valence-electron chi connectivity index (χ1n) is 7.34. The molecule has 3 heteroatoms. The predicted molar refractivity (Wildman–Crippen MR) is 87.1 cm³/mol. The van der Waals surface area contributed by atoms with Crippen LogP contribution in [-0.4, -0.2) is 13.1 Å². The molecule has 0 saturated carbocycles. The first-order chi connectivity index (χ1) is 9.99. The smallest absolute Gasteiger partial charge is 0.125 e. The summed E-state index contributed by atoms with van der Waals surface area (Å²) in [5, 5.41) is 0. The highest BCUT2D eigenvalue weighted by Gasteiger charge is 2.13. The number of rotatable bonds is 5. The first kappa shape index (κ1) is 15.5. The molecular weight excluding hydrogens is 263 g/mol. The van der Waals surface area contributed by atoms with E-state index < -0.39 is 0 Å². The molecule has 0 saturated heterocycles. The lowest BCUT2D eigenvalue weighted by atomic mass is 10.0. The first-order valence-corrected chi connectivity index (χ1v) is 7.34. The maximum absolute atomic E-state index is 13.4. The van der Waals surface area contributed by atoms with Crippen molar-refractivity contribution >= 4 is 5.69 Å². The van der Waals surface area contributed by atoms with Crippen LogP contribution in [-0.2, 0) is 0 Å². The summed E-state index contributed by atoms with van der Waals surface area (Å²) < 4.78 is 13.4. The highest BCUT2D eigenvalue weighted by atomic mass is 19.1. The highest BCUT2D eigenvalue weighted by molar-refractivity contribution is 5.47. The van der Waals surface area contributed by atoms with E-state index in [0.29, 0.717) is 6.54 Å². The Kier molecular flexibility index (Phi) is 4.97. The van der Waals surface area contributed by atoms with Crippen molar-refractivity contribution in [2.24, 2.45) is 5.73 Å². The zero-order chi connectivity index (χ0) is 15.4. The molecule has 0 aliphatic carbocycles. The summed E-state index contributed by atoms with van der Waals surface area (Å²) in [5.41, 5.74) is 10.8. The minimum Gasteiger partial charge on any atom is -0.370 e. The number of nitrogens with two attached hydrogens (primary N) is 1. The molecule has 2 aromatic rings. The van der Waals surface area contributed by atoms with Gasteiger partial charge in [0.05, 0.1) is 0 Å². The van der Waals surface area contributed by atoms with Crippen molar-refractivity contribution in [3.8, 4) is 0 Å². The summed E-state index contributed by atoms with van der Waals surface area (Å²) in [6.45, 7) is 7.67. The van der Waals surface area contributed by atoms with E-state index in [9.17, 15) is 4.39 Å². The molecule has 0 aliphatic rings. The summed E-state index contributed by atoms with van der Waals surface area (Å²) >= 11 is 0. The maximum atomic E-state index is 13.4. The van der Waals surface area contributed by atoms with Gasteiger partial charge in [-0.05, 0) is 44.5 Å². The number of hydrogen-bond donors (Lipinski definition) is 1. The van der Waals surface area contributed by atoms with Crippen LogP contribution in [0.2, 0.25) is 0 Å². The van der Waals surface area contributed by atoms with Crippen LogP contribution >= 0.6 is 0 Å². The van der Waals surface area contributed by atoms with Gasteiger partial charge in [0.2, 0.25) is 0 Å². The Balaban J connectivity index is 2.18. The van der Waals surface area contributed by atoms with Gasteiger partial charge in [-0.2, -0.15) is 0 Å². The average Bonchev–Trinajstić information content (AvgIpc) is 2.43. The van der Waals surface area contributed by atoms with E-state index in [1.54, 1.807) is 12.1 Å². The Morgan fingerprint density at radius 2 is 1.76 bits per heavy atom. The molecule has 0 aromatic heterocycles. The Morgan fingerprint density at radius 1 is 1.10 bits per heavy atom. The van der Waals surface area contributed by atoms with E-state index in [-0.39, 0.29) is 11.9 Å². The van der Waals surface area contributed by atoms with Crippen molar-refractivity contribution in [3.05, 3.63) is 65.0 Å². The molecule has 1 atom stereocenters. The average molecular weight is 286 g/mol. The van der Waals surface area contributed by atoms with Crippen molar-refractivity contribution < 1.29 is 4.39 Å². The lowest BCUT2D eigenvalue weighted by Crippen LogP contribution is -2.32. The lowest BCUT2D eigenvalue weighted by molar-refractivity contribution is 0.623. The van der Waals surface area contributed by atoms with E-state index in [2.05, 4.69) is 43.9 Å². The number of hydrogen-bond acceptors (Lipinski definition) is 2. The molecule has 0 bridgehead atoms. The van der Waals surface area contributed by atoms with Crippen molar-refractivity contribution in [1.82, 2.24) is 0 Å². The number of nitrogens with zero attached hydrogens (tertiary/aromatic N) is 1. The highest BCUT2D eigenvalue weighted by Crippen LogP contribution is 2.21. The monoisotopic (exact) mass is 286 g/mol. The molecule has 0 spiro atoms. The SMILES string of the molecule is CCN(CC(N)c1cc(C)cc(C)c1)c1cccc(F)c1. The van der Waals surface area contributed by atoms with Crippen LogP contribution in [0.15, 0.2) is 42.5 Å². The van der Waals surface area contributed by atoms with Crippen molar-refractivity contribution in [3.63, 3.8) is 0 Å². The second-order valence-electron chi connectivity index (χ2n) is 5.55. The Morgan fingerprint density at radius 3 is 2.33 bits per heavy atom. The second-order valence-corrected chi connectivity index (χ2v) is 5.55. The molecular formula is C18H23FN2. The van der Waals surface area contributed by atoms with Crippen LogP contribution in [0.25, 0.3) is 0 Å². The van der Waals surface area contributed by atoms with E-state index in [0.717, 1.165) is 17.8 Å². The minimum absolute atomic E-state index is 0.0909. The van der Waals surface area contributed by atoms with Crippen molar-refractivity contribution in [1.29, 1.82) is 0 Å². The maximum Gasteiger partial charge on any atom is 0.125 e. The van der Waals surface area contributed by atoms with Gasteiger partial charge in [-0.3, -0.25) is 0 Å². The molecule has 0 radical (unpaired) electrons. The molecule has 2 N–H and O–H groups in total. The normalized spacial score (nSPS) is 12.2. The summed E-state index contributed by atoms with van der Waals surface area (Å²) in [7, 11) is 0. The van der Waals surface area contributed by atoms with Crippen LogP contribution in [0.4, 0.5) is 10.1 Å². The number of anilines is 1. The van der Waals surface area contributed by atoms with Gasteiger partial charge in [-0.25, -0.2) is 4.39 Å². The predicted octanol–water partition coefficient (Wildman–Crippen LogP) is 3.97. The minimum atomic E-state index is -0.217. The third-order valence-electron chi connectivity index (χ3n) is 3.64. The third kappa shape index (κ3) is 4.05. The fraction of sp³-hybridized carbons (Fsp3) is 0.333. The van der Waals surface area contributed by atoms with Crippen LogP contribution in [0.5, 0.6) is 0 Å². The zero-order valence-corrected chi connectivity index (χ0v) is 12.9. The third-order valence-corrected chi connectivity index (χ3v) is 3.64. The Labute approximate surface area is 126 Å². The number of halogens is 1. The van der Waals surface area contributed by atoms with Gasteiger partial charge in [-0.15, -0.1) is 0 Å². The summed E-state index contributed by atoms with van der Waals surface area (Å²) in [4.78, 5) is 2.10. The molecule has 112 valence electrons. The molecule has 2 aromatic carbocycles. The van der Waals surface area contributed by atoms with Gasteiger partial charge in [0.1, 0.15) is 5.82 Å². The fourth-order valence-electron chi connectivity index (χ4n) is 2.66. The zero-order valence-electron chi connectivity index (χ0n) is 12.9. The van der Waals surface area contributed by atoms with E-state index in [4.69, 9.17) is 5.73 Å². The van der Waals surface area contributed by atoms with Gasteiger partial charge >= 0.3 is 0 Å². The molecule has 2 nitrogen and oxygen atoms in total. The van der Waals surface area contributed by atoms with Crippen molar-refractivity contribution in [2.45, 2.75) is 26.8 Å². The van der Waals surface area contributed by atoms with Gasteiger partial charge in [-0.1, -0.05) is 35.4 Å². The number of likely N-dealkylation sites (N-methyl/N-ethyl adjacent to an activating group) is 1. The molecule has 0 heterocycles. The molecule has 0 amide bonds. The summed E-state index contributed by atoms with van der Waals surface area (Å²) in [6.07, 6.45) is 0. The molecule has 2 rings (SSSR count). The van der Waals surface area contributed by atoms with E-state index >= 15 is 0 Å². The second kappa shape index (κ2) is 6.72. The Hall–Kier alpha value is -1.87.